The third-order valence-corrected chi connectivity index (χ3v) is 8.08. The third kappa shape index (κ3) is 4.98. The highest BCUT2D eigenvalue weighted by molar-refractivity contribution is 5.98. The van der Waals surface area contributed by atoms with Crippen molar-refractivity contribution in [3.63, 3.8) is 0 Å². The molecule has 4 aliphatic rings. The number of aliphatic hydroxyl groups is 1. The van der Waals surface area contributed by atoms with Gasteiger partial charge in [0.05, 0.1) is 31.2 Å². The van der Waals surface area contributed by atoms with E-state index >= 15 is 0 Å². The Labute approximate surface area is 206 Å². The topological polar surface area (TPSA) is 120 Å². The number of carboxylic acid groups (broad SMARTS) is 1. The predicted octanol–water partition coefficient (Wildman–Crippen LogP) is 0.345. The molecule has 0 saturated carbocycles. The first kappa shape index (κ1) is 26.1. The van der Waals surface area contributed by atoms with E-state index in [1.807, 2.05) is 0 Å². The van der Waals surface area contributed by atoms with Crippen LogP contribution >= 0.6 is 0 Å². The number of carbonyl (C=O) groups is 3. The number of hydrogen-bond acceptors (Lipinski definition) is 7. The lowest BCUT2D eigenvalue weighted by Crippen LogP contribution is -2.57. The number of nitrogens with zero attached hydrogens (tertiary/aromatic N) is 3. The Morgan fingerprint density at radius 1 is 1.17 bits per heavy atom. The SMILES string of the molecule is C=CCN(CCN1CCOCC1)C(=O)[C@@H]1N(CCCCCCO)C(=O)[C@H]2[C@H](C(=O)O)[C@@H]3CC[C@]12O3. The summed E-state index contributed by atoms with van der Waals surface area (Å²) in [4.78, 5) is 45.4. The Kier molecular flexibility index (Phi) is 8.46. The average Bonchev–Trinajstić information content (AvgIpc) is 3.49. The summed E-state index contributed by atoms with van der Waals surface area (Å²) < 4.78 is 11.7. The molecule has 4 fully saturated rings. The fourth-order valence-electron chi connectivity index (χ4n) is 6.41. The molecule has 2 N–H and O–H groups in total. The van der Waals surface area contributed by atoms with E-state index < -0.39 is 35.6 Å². The summed E-state index contributed by atoms with van der Waals surface area (Å²) in [5, 5.41) is 18.9. The number of rotatable bonds is 13. The quantitative estimate of drug-likeness (QED) is 0.279. The molecule has 0 unspecified atom stereocenters. The molecule has 35 heavy (non-hydrogen) atoms. The lowest BCUT2D eigenvalue weighted by atomic mass is 9.70. The summed E-state index contributed by atoms with van der Waals surface area (Å²) in [6.45, 7) is 8.85. The van der Waals surface area contributed by atoms with Crippen LogP contribution in [-0.4, -0.2) is 120 Å². The third-order valence-electron chi connectivity index (χ3n) is 8.08. The fraction of sp³-hybridized carbons (Fsp3) is 0.800. The van der Waals surface area contributed by atoms with Crippen molar-refractivity contribution < 1.29 is 34.1 Å². The van der Waals surface area contributed by atoms with E-state index in [9.17, 15) is 19.5 Å². The van der Waals surface area contributed by atoms with Crippen LogP contribution < -0.4 is 0 Å². The summed E-state index contributed by atoms with van der Waals surface area (Å²) in [5.41, 5.74) is -1.08. The fourth-order valence-corrected chi connectivity index (χ4v) is 6.41. The van der Waals surface area contributed by atoms with Crippen LogP contribution in [0.3, 0.4) is 0 Å². The summed E-state index contributed by atoms with van der Waals surface area (Å²) in [7, 11) is 0. The van der Waals surface area contributed by atoms with E-state index in [1.165, 1.54) is 0 Å². The highest BCUT2D eigenvalue weighted by Crippen LogP contribution is 2.58. The van der Waals surface area contributed by atoms with Gasteiger partial charge in [0.2, 0.25) is 11.8 Å². The first-order chi connectivity index (χ1) is 16.9. The van der Waals surface area contributed by atoms with Gasteiger partial charge >= 0.3 is 5.97 Å². The van der Waals surface area contributed by atoms with Crippen molar-refractivity contribution in [2.24, 2.45) is 11.8 Å². The highest BCUT2D eigenvalue weighted by atomic mass is 16.5. The van der Waals surface area contributed by atoms with Gasteiger partial charge < -0.3 is 29.5 Å². The van der Waals surface area contributed by atoms with Gasteiger partial charge in [0.25, 0.3) is 0 Å². The molecule has 1 spiro atoms. The Morgan fingerprint density at radius 2 is 1.91 bits per heavy atom. The van der Waals surface area contributed by atoms with Gasteiger partial charge in [-0.1, -0.05) is 18.9 Å². The van der Waals surface area contributed by atoms with E-state index in [1.54, 1.807) is 15.9 Å². The predicted molar refractivity (Wildman–Crippen MR) is 127 cm³/mol. The summed E-state index contributed by atoms with van der Waals surface area (Å²) >= 11 is 0. The molecule has 10 heteroatoms. The number of morpholine rings is 1. The first-order valence-corrected chi connectivity index (χ1v) is 13.0. The smallest absolute Gasteiger partial charge is 0.310 e. The van der Waals surface area contributed by atoms with Crippen LogP contribution in [0.2, 0.25) is 0 Å². The summed E-state index contributed by atoms with van der Waals surface area (Å²) in [6.07, 6.45) is 5.27. The minimum absolute atomic E-state index is 0.129. The monoisotopic (exact) mass is 493 g/mol. The van der Waals surface area contributed by atoms with Gasteiger partial charge in [-0.2, -0.15) is 0 Å². The van der Waals surface area contributed by atoms with Crippen molar-refractivity contribution in [3.05, 3.63) is 12.7 Å². The second-order valence-electron chi connectivity index (χ2n) is 10.1. The minimum Gasteiger partial charge on any atom is -0.481 e. The number of likely N-dealkylation sites (tertiary alicyclic amines) is 1. The molecule has 0 aromatic rings. The maximum Gasteiger partial charge on any atom is 0.310 e. The zero-order valence-corrected chi connectivity index (χ0v) is 20.5. The molecule has 4 heterocycles. The molecule has 0 radical (unpaired) electrons. The number of fused-ring (bicyclic) bond motifs is 1. The van der Waals surface area contributed by atoms with Crippen LogP contribution in [0.15, 0.2) is 12.7 Å². The van der Waals surface area contributed by atoms with Crippen LogP contribution in [0.1, 0.15) is 38.5 Å². The Bertz CT molecular complexity index is 802. The van der Waals surface area contributed by atoms with E-state index in [0.29, 0.717) is 65.1 Å². The highest BCUT2D eigenvalue weighted by Gasteiger charge is 2.74. The molecule has 4 rings (SSSR count). The zero-order chi connectivity index (χ0) is 25.0. The summed E-state index contributed by atoms with van der Waals surface area (Å²) in [6, 6.07) is -0.822. The van der Waals surface area contributed by atoms with Crippen molar-refractivity contribution in [1.29, 1.82) is 0 Å². The van der Waals surface area contributed by atoms with Gasteiger partial charge in [-0.15, -0.1) is 6.58 Å². The van der Waals surface area contributed by atoms with E-state index in [-0.39, 0.29) is 18.4 Å². The zero-order valence-electron chi connectivity index (χ0n) is 20.5. The number of aliphatic hydroxyl groups excluding tert-OH is 1. The molecule has 0 aliphatic carbocycles. The van der Waals surface area contributed by atoms with E-state index in [2.05, 4.69) is 11.5 Å². The molecule has 0 aromatic heterocycles. The maximum absolute atomic E-state index is 14.1. The maximum atomic E-state index is 14.1. The minimum atomic E-state index is -1.08. The second-order valence-corrected chi connectivity index (χ2v) is 10.1. The van der Waals surface area contributed by atoms with Crippen molar-refractivity contribution in [2.75, 3.05) is 59.1 Å². The standard InChI is InChI=1S/C25H39N3O7/c1-2-9-27(12-11-26-13-16-34-17-14-26)23(31)21-25-8-7-18(35-25)19(24(32)33)20(25)22(30)28(21)10-5-3-4-6-15-29/h2,18-21,29H,1,3-17H2,(H,32,33)/t18-,19+,20+,21-,25+/m0/s1. The Hall–Kier alpha value is -2.01. The number of aliphatic carboxylic acids is 1. The largest absolute Gasteiger partial charge is 0.481 e. The van der Waals surface area contributed by atoms with Crippen LogP contribution in [-0.2, 0) is 23.9 Å². The lowest BCUT2D eigenvalue weighted by Gasteiger charge is -2.37. The average molecular weight is 494 g/mol. The number of amides is 2. The van der Waals surface area contributed by atoms with Gasteiger partial charge in [0.1, 0.15) is 11.6 Å². The number of hydrogen-bond donors (Lipinski definition) is 2. The Morgan fingerprint density at radius 3 is 2.60 bits per heavy atom. The van der Waals surface area contributed by atoms with Crippen LogP contribution in [0.25, 0.3) is 0 Å². The van der Waals surface area contributed by atoms with Gasteiger partial charge in [-0.25, -0.2) is 0 Å². The Balaban J connectivity index is 1.56. The summed E-state index contributed by atoms with van der Waals surface area (Å²) in [5.74, 6) is -3.22. The van der Waals surface area contributed by atoms with Gasteiger partial charge in [-0.05, 0) is 25.7 Å². The normalized spacial score (nSPS) is 32.1. The molecule has 196 valence electrons. The van der Waals surface area contributed by atoms with Crippen molar-refractivity contribution in [2.45, 2.75) is 56.3 Å². The molecule has 0 aromatic carbocycles. The molecule has 4 saturated heterocycles. The van der Waals surface area contributed by atoms with Crippen molar-refractivity contribution in [3.8, 4) is 0 Å². The molecule has 5 atom stereocenters. The first-order valence-electron chi connectivity index (χ1n) is 13.0. The van der Waals surface area contributed by atoms with Gasteiger partial charge in [0, 0.05) is 45.9 Å². The molecule has 4 aliphatic heterocycles. The molecule has 2 bridgehead atoms. The number of unbranched alkanes of at least 4 members (excludes halogenated alkanes) is 3. The van der Waals surface area contributed by atoms with Crippen molar-refractivity contribution in [1.82, 2.24) is 14.7 Å². The van der Waals surface area contributed by atoms with Crippen molar-refractivity contribution >= 4 is 17.8 Å². The number of ether oxygens (including phenoxy) is 2. The van der Waals surface area contributed by atoms with Gasteiger partial charge in [-0.3, -0.25) is 19.3 Å². The van der Waals surface area contributed by atoms with Crippen LogP contribution in [0.5, 0.6) is 0 Å². The van der Waals surface area contributed by atoms with Crippen LogP contribution in [0, 0.1) is 11.8 Å². The lowest BCUT2D eigenvalue weighted by molar-refractivity contribution is -0.151. The molecule has 10 nitrogen and oxygen atoms in total. The number of carboxylic acids is 1. The van der Waals surface area contributed by atoms with Crippen LogP contribution in [0.4, 0.5) is 0 Å². The van der Waals surface area contributed by atoms with Gasteiger partial charge in [0.15, 0.2) is 0 Å². The molecule has 2 amide bonds. The van der Waals surface area contributed by atoms with E-state index in [4.69, 9.17) is 14.6 Å². The van der Waals surface area contributed by atoms with E-state index in [0.717, 1.165) is 25.9 Å². The molecular weight excluding hydrogens is 454 g/mol. The molecular formula is C25H39N3O7. The number of carbonyl (C=O) groups excluding carboxylic acids is 2. The second kappa shape index (κ2) is 11.4.